The van der Waals surface area contributed by atoms with E-state index in [1.54, 1.807) is 29.2 Å². The lowest BCUT2D eigenvalue weighted by Gasteiger charge is -2.29. The summed E-state index contributed by atoms with van der Waals surface area (Å²) in [6, 6.07) is 20.1. The molecule has 0 radical (unpaired) electrons. The summed E-state index contributed by atoms with van der Waals surface area (Å²) in [5, 5.41) is 3.03. The number of rotatable bonds is 8. The van der Waals surface area contributed by atoms with Crippen LogP contribution >= 0.6 is 0 Å². The van der Waals surface area contributed by atoms with Crippen LogP contribution in [0.15, 0.2) is 83.3 Å². The Balaban J connectivity index is 1.49. The molecule has 2 N–H and O–H groups in total. The van der Waals surface area contributed by atoms with Crippen LogP contribution in [0.25, 0.3) is 33.4 Å². The lowest BCUT2D eigenvalue weighted by molar-refractivity contribution is 0.0727. The maximum absolute atomic E-state index is 13.7. The third kappa shape index (κ3) is 5.91. The highest BCUT2D eigenvalue weighted by Gasteiger charge is 2.27. The van der Waals surface area contributed by atoms with Gasteiger partial charge in [-0.25, -0.2) is 17.2 Å². The highest BCUT2D eigenvalue weighted by atomic mass is 32.2. The van der Waals surface area contributed by atoms with E-state index >= 15 is 0 Å². The molecule has 0 bridgehead atoms. The normalized spacial score (nSPS) is 13.2. The second-order valence-electron chi connectivity index (χ2n) is 10.8. The van der Waals surface area contributed by atoms with Crippen LogP contribution in [0.4, 0.5) is 14.5 Å². The fraction of sp³-hybridized carbons (Fsp3) is 0.176. The van der Waals surface area contributed by atoms with Crippen LogP contribution in [0.1, 0.15) is 38.8 Å². The van der Waals surface area contributed by atoms with Crippen LogP contribution in [0.5, 0.6) is 0 Å². The van der Waals surface area contributed by atoms with Crippen LogP contribution in [-0.2, 0) is 23.0 Å². The first-order valence-electron chi connectivity index (χ1n) is 14.3. The smallest absolute Gasteiger partial charge is 0.255 e. The van der Waals surface area contributed by atoms with Gasteiger partial charge in [-0.15, -0.1) is 0 Å². The molecule has 0 aliphatic carbocycles. The predicted molar refractivity (Wildman–Crippen MR) is 168 cm³/mol. The number of carbonyl (C=O) groups is 2. The Hall–Kier alpha value is -5.03. The second kappa shape index (κ2) is 11.8. The number of anilines is 1. The Morgan fingerprint density at radius 1 is 0.911 bits per heavy atom. The van der Waals surface area contributed by atoms with E-state index in [0.717, 1.165) is 11.1 Å². The molecule has 2 heterocycles. The van der Waals surface area contributed by atoms with Crippen molar-refractivity contribution in [1.82, 2.24) is 10.2 Å². The summed E-state index contributed by atoms with van der Waals surface area (Å²) in [5.41, 5.74) is 4.21. The largest absolute Gasteiger partial charge is 0.455 e. The van der Waals surface area contributed by atoms with Crippen LogP contribution < -0.4 is 10.0 Å². The fourth-order valence-corrected chi connectivity index (χ4v) is 6.16. The van der Waals surface area contributed by atoms with E-state index in [4.69, 9.17) is 4.42 Å². The minimum Gasteiger partial charge on any atom is -0.455 e. The maximum atomic E-state index is 13.7. The molecule has 0 atom stereocenters. The van der Waals surface area contributed by atoms with Gasteiger partial charge in [-0.05, 0) is 78.6 Å². The number of fused-ring (bicyclic) bond motifs is 2. The number of nitrogens with zero attached hydrogens (tertiary/aromatic N) is 1. The molecule has 45 heavy (non-hydrogen) atoms. The SMILES string of the molecule is CCS(=O)(=O)Nc1cc2oc(-c3ccc(F)cc3)c(C(=O)NC)c2cc1-c1ccc2c(c1)C(=O)N(Cc1ccc(F)cc1)CC2. The maximum Gasteiger partial charge on any atom is 0.255 e. The van der Waals surface area contributed by atoms with Gasteiger partial charge in [-0.2, -0.15) is 0 Å². The van der Waals surface area contributed by atoms with Crippen molar-refractivity contribution < 1.29 is 31.2 Å². The molecule has 4 aromatic carbocycles. The van der Waals surface area contributed by atoms with Crippen molar-refractivity contribution in [2.24, 2.45) is 0 Å². The average Bonchev–Trinajstić information content (AvgIpc) is 3.41. The summed E-state index contributed by atoms with van der Waals surface area (Å²) in [7, 11) is -2.26. The van der Waals surface area contributed by atoms with Gasteiger partial charge in [-0.1, -0.05) is 24.3 Å². The Morgan fingerprint density at radius 3 is 2.24 bits per heavy atom. The van der Waals surface area contributed by atoms with Crippen molar-refractivity contribution >= 4 is 38.5 Å². The number of benzene rings is 4. The minimum absolute atomic E-state index is 0.187. The highest BCUT2D eigenvalue weighted by Crippen LogP contribution is 2.41. The molecular weight excluding hydrogens is 600 g/mol. The van der Waals surface area contributed by atoms with Gasteiger partial charge in [0.15, 0.2) is 0 Å². The third-order valence-electron chi connectivity index (χ3n) is 7.91. The zero-order chi connectivity index (χ0) is 31.9. The van der Waals surface area contributed by atoms with Crippen LogP contribution in [0.3, 0.4) is 0 Å². The number of sulfonamides is 1. The van der Waals surface area contributed by atoms with E-state index in [2.05, 4.69) is 10.0 Å². The second-order valence-corrected chi connectivity index (χ2v) is 12.8. The zero-order valence-corrected chi connectivity index (χ0v) is 25.3. The average molecular weight is 630 g/mol. The summed E-state index contributed by atoms with van der Waals surface area (Å²) >= 11 is 0. The monoisotopic (exact) mass is 629 g/mol. The first-order valence-corrected chi connectivity index (χ1v) is 16.0. The van der Waals surface area contributed by atoms with Gasteiger partial charge in [0.05, 0.1) is 17.0 Å². The molecule has 2 amide bonds. The molecule has 230 valence electrons. The molecule has 0 spiro atoms. The van der Waals surface area contributed by atoms with Crippen molar-refractivity contribution in [3.63, 3.8) is 0 Å². The van der Waals surface area contributed by atoms with Gasteiger partial charge in [0.1, 0.15) is 23.0 Å². The van der Waals surface area contributed by atoms with Gasteiger partial charge in [-0.3, -0.25) is 14.3 Å². The summed E-state index contributed by atoms with van der Waals surface area (Å²) < 4.78 is 61.4. The molecule has 1 aliphatic heterocycles. The highest BCUT2D eigenvalue weighted by molar-refractivity contribution is 7.92. The molecule has 0 fully saturated rings. The molecule has 11 heteroatoms. The molecular formula is C34H29F2N3O5S. The molecule has 0 unspecified atom stereocenters. The summed E-state index contributed by atoms with van der Waals surface area (Å²) in [5.74, 6) is -1.44. The van der Waals surface area contributed by atoms with E-state index in [-0.39, 0.29) is 40.1 Å². The Bertz CT molecular complexity index is 2060. The number of halogens is 2. The van der Waals surface area contributed by atoms with Crippen molar-refractivity contribution in [2.75, 3.05) is 24.1 Å². The van der Waals surface area contributed by atoms with Gasteiger partial charge >= 0.3 is 0 Å². The van der Waals surface area contributed by atoms with Gasteiger partial charge in [0, 0.05) is 48.3 Å². The standard InChI is InChI=1S/C34H29F2N3O5S/c1-3-45(42,43)38-29-18-30-28(31(33(40)37-2)32(44-30)22-8-12-25(36)13-9-22)17-26(29)23-7-6-21-14-15-39(34(41)27(21)16-23)19-20-4-10-24(35)11-5-20/h4-13,16-18,38H,3,14-15,19H2,1-2H3,(H,37,40). The van der Waals surface area contributed by atoms with E-state index < -0.39 is 21.7 Å². The molecule has 5 aromatic rings. The first-order chi connectivity index (χ1) is 21.6. The van der Waals surface area contributed by atoms with Crippen molar-refractivity contribution in [3.8, 4) is 22.5 Å². The lowest BCUT2D eigenvalue weighted by Crippen LogP contribution is -2.37. The Labute approximate surface area is 258 Å². The van der Waals surface area contributed by atoms with E-state index in [9.17, 15) is 26.8 Å². The molecule has 6 rings (SSSR count). The van der Waals surface area contributed by atoms with Crippen LogP contribution in [0, 0.1) is 11.6 Å². The number of hydrogen-bond acceptors (Lipinski definition) is 5. The fourth-order valence-electron chi connectivity index (χ4n) is 5.51. The Kier molecular flexibility index (Phi) is 7.88. The van der Waals surface area contributed by atoms with Crippen molar-refractivity contribution in [3.05, 3.63) is 113 Å². The van der Waals surface area contributed by atoms with Crippen LogP contribution in [-0.4, -0.2) is 44.5 Å². The number of carbonyl (C=O) groups excluding carboxylic acids is 2. The zero-order valence-electron chi connectivity index (χ0n) is 24.5. The third-order valence-corrected chi connectivity index (χ3v) is 9.20. The van der Waals surface area contributed by atoms with Crippen molar-refractivity contribution in [2.45, 2.75) is 19.9 Å². The number of nitrogens with one attached hydrogen (secondary N) is 2. The topological polar surface area (TPSA) is 109 Å². The lowest BCUT2D eigenvalue weighted by atomic mass is 9.92. The molecule has 1 aliphatic rings. The molecule has 0 saturated heterocycles. The van der Waals surface area contributed by atoms with Crippen molar-refractivity contribution in [1.29, 1.82) is 0 Å². The predicted octanol–water partition coefficient (Wildman–Crippen LogP) is 6.36. The van der Waals surface area contributed by atoms with E-state index in [1.807, 2.05) is 12.1 Å². The number of amides is 2. The Morgan fingerprint density at radius 2 is 1.58 bits per heavy atom. The number of furan rings is 1. The van der Waals surface area contributed by atoms with E-state index in [1.165, 1.54) is 56.4 Å². The van der Waals surface area contributed by atoms with Gasteiger partial charge in [0.2, 0.25) is 10.0 Å². The summed E-state index contributed by atoms with van der Waals surface area (Å²) in [4.78, 5) is 28.5. The van der Waals surface area contributed by atoms with Gasteiger partial charge < -0.3 is 14.6 Å². The summed E-state index contributed by atoms with van der Waals surface area (Å²) in [6.07, 6.45) is 0.612. The molecule has 1 aromatic heterocycles. The number of hydrogen-bond donors (Lipinski definition) is 2. The minimum atomic E-state index is -3.74. The summed E-state index contributed by atoms with van der Waals surface area (Å²) in [6.45, 7) is 2.32. The van der Waals surface area contributed by atoms with Gasteiger partial charge in [0.25, 0.3) is 11.8 Å². The quantitative estimate of drug-likeness (QED) is 0.208. The van der Waals surface area contributed by atoms with Crippen LogP contribution in [0.2, 0.25) is 0 Å². The van der Waals surface area contributed by atoms with E-state index in [0.29, 0.717) is 47.2 Å². The molecule has 0 saturated carbocycles. The first kappa shape index (κ1) is 30.0. The molecule has 8 nitrogen and oxygen atoms in total.